The second-order valence-electron chi connectivity index (χ2n) is 8.51. The highest BCUT2D eigenvalue weighted by atomic mass is 16.1. The van der Waals surface area contributed by atoms with E-state index in [1.807, 2.05) is 24.3 Å². The second kappa shape index (κ2) is 6.82. The zero-order valence-corrected chi connectivity index (χ0v) is 17.9. The Morgan fingerprint density at radius 2 is 0.969 bits per heavy atom. The van der Waals surface area contributed by atoms with E-state index < -0.39 is 0 Å². The van der Waals surface area contributed by atoms with Crippen molar-refractivity contribution in [2.75, 3.05) is 14.1 Å². The largest absolute Gasteiger partial charge is 0.290 e. The zero-order valence-electron chi connectivity index (χ0n) is 17.9. The molecule has 0 saturated heterocycles. The summed E-state index contributed by atoms with van der Waals surface area (Å²) >= 11 is 0. The number of hydrogen-bond donors (Lipinski definition) is 2. The van der Waals surface area contributed by atoms with E-state index in [0.717, 1.165) is 66.0 Å². The number of quaternary nitrogens is 2. The van der Waals surface area contributed by atoms with E-state index in [0.29, 0.717) is 0 Å². The van der Waals surface area contributed by atoms with Gasteiger partial charge in [-0.25, -0.2) is 0 Å². The number of likely N-dealkylation sites (N-methyl/N-ethyl adjacent to an activating group) is 2. The fourth-order valence-electron chi connectivity index (χ4n) is 5.28. The number of nitrogens with one attached hydrogen (secondary N) is 2. The van der Waals surface area contributed by atoms with Gasteiger partial charge in [-0.15, -0.1) is 0 Å². The second-order valence-corrected chi connectivity index (χ2v) is 8.51. The molecule has 2 aromatic rings. The van der Waals surface area contributed by atoms with Crippen LogP contribution in [0.2, 0.25) is 0 Å². The number of benzene rings is 2. The van der Waals surface area contributed by atoms with Crippen LogP contribution in [0.25, 0.3) is 11.1 Å². The molecular weight excluding hydrogens is 396 g/mol. The summed E-state index contributed by atoms with van der Waals surface area (Å²) in [5.41, 5.74) is 10.9. The minimum absolute atomic E-state index is 0.0106. The molecule has 2 aliphatic carbocycles. The first-order valence-corrected chi connectivity index (χ1v) is 10.8. The molecule has 0 bridgehead atoms. The molecule has 2 atom stereocenters. The van der Waals surface area contributed by atoms with E-state index in [2.05, 4.69) is 50.5 Å². The van der Waals surface area contributed by atoms with Crippen molar-refractivity contribution in [1.82, 2.24) is 0 Å². The van der Waals surface area contributed by atoms with Gasteiger partial charge in [-0.05, 0) is 36.4 Å². The maximum absolute atomic E-state index is 12.3. The van der Waals surface area contributed by atoms with Gasteiger partial charge in [0.15, 0.2) is 11.6 Å². The third kappa shape index (κ3) is 2.57. The molecule has 4 heteroatoms. The molecule has 32 heavy (non-hydrogen) atoms. The predicted molar refractivity (Wildman–Crippen MR) is 124 cm³/mol. The first-order chi connectivity index (χ1) is 15.5. The molecule has 6 rings (SSSR count). The molecule has 0 amide bonds. The summed E-state index contributed by atoms with van der Waals surface area (Å²) in [7, 11) is 4.17. The fraction of sp³-hybridized carbons (Fsp3) is 0.0714. The van der Waals surface area contributed by atoms with E-state index in [1.54, 1.807) is 24.3 Å². The van der Waals surface area contributed by atoms with Gasteiger partial charge < -0.3 is 0 Å². The molecule has 2 unspecified atom stereocenters. The van der Waals surface area contributed by atoms with Gasteiger partial charge in [-0.2, -0.15) is 0 Å². The zero-order chi connectivity index (χ0) is 22.0. The Balaban J connectivity index is 1.76. The van der Waals surface area contributed by atoms with Gasteiger partial charge in [-0.3, -0.25) is 19.4 Å². The lowest BCUT2D eigenvalue weighted by Gasteiger charge is -2.34. The summed E-state index contributed by atoms with van der Waals surface area (Å²) in [4.78, 5) is 26.8. The number of carbonyl (C=O) groups is 2. The van der Waals surface area contributed by atoms with Gasteiger partial charge in [0.2, 0.25) is 0 Å². The van der Waals surface area contributed by atoms with E-state index in [9.17, 15) is 9.59 Å². The SMILES string of the molecule is C[NH+]1C2=CC(=O)C=CC2=C(C2=C3C=CC(=O)C=C3[NH+](C)c3ccccc32)c2ccccc21. The van der Waals surface area contributed by atoms with Crippen molar-refractivity contribution in [3.05, 3.63) is 119 Å². The molecule has 0 spiro atoms. The summed E-state index contributed by atoms with van der Waals surface area (Å²) in [5.74, 6) is 0.0212. The highest BCUT2D eigenvalue weighted by Crippen LogP contribution is 2.47. The van der Waals surface area contributed by atoms with Crippen molar-refractivity contribution >= 4 is 34.1 Å². The maximum atomic E-state index is 12.3. The Morgan fingerprint density at radius 1 is 0.562 bits per heavy atom. The van der Waals surface area contributed by atoms with Crippen LogP contribution in [0.15, 0.2) is 108 Å². The molecule has 2 heterocycles. The van der Waals surface area contributed by atoms with Gasteiger partial charge in [0.1, 0.15) is 22.8 Å². The molecular formula is C28H22N2O2+2. The third-order valence-corrected chi connectivity index (χ3v) is 6.78. The summed E-state index contributed by atoms with van der Waals surface area (Å²) < 4.78 is 0. The van der Waals surface area contributed by atoms with Crippen LogP contribution in [0.3, 0.4) is 0 Å². The molecule has 2 N–H and O–H groups in total. The molecule has 154 valence electrons. The van der Waals surface area contributed by atoms with E-state index >= 15 is 0 Å². The molecule has 0 radical (unpaired) electrons. The lowest BCUT2D eigenvalue weighted by molar-refractivity contribution is -0.764. The fourth-order valence-corrected chi connectivity index (χ4v) is 5.28. The van der Waals surface area contributed by atoms with Crippen LogP contribution in [-0.2, 0) is 9.59 Å². The monoisotopic (exact) mass is 418 g/mol. The van der Waals surface area contributed by atoms with E-state index in [-0.39, 0.29) is 11.6 Å². The summed E-state index contributed by atoms with van der Waals surface area (Å²) in [6.45, 7) is 0. The van der Waals surface area contributed by atoms with Gasteiger partial charge in [0.05, 0.1) is 14.1 Å². The number of fused-ring (bicyclic) bond motifs is 4. The Kier molecular flexibility index (Phi) is 4.02. The lowest BCUT2D eigenvalue weighted by atomic mass is 9.77. The van der Waals surface area contributed by atoms with Crippen molar-refractivity contribution < 1.29 is 19.4 Å². The van der Waals surface area contributed by atoms with Crippen LogP contribution in [0.1, 0.15) is 11.1 Å². The van der Waals surface area contributed by atoms with Gasteiger partial charge >= 0.3 is 0 Å². The van der Waals surface area contributed by atoms with Gasteiger partial charge in [0, 0.05) is 57.7 Å². The minimum atomic E-state index is 0.0106. The average molecular weight is 418 g/mol. The summed E-state index contributed by atoms with van der Waals surface area (Å²) in [6, 6.07) is 16.8. The number of allylic oxidation sites excluding steroid dienone is 8. The van der Waals surface area contributed by atoms with Crippen LogP contribution < -0.4 is 9.80 Å². The van der Waals surface area contributed by atoms with Crippen LogP contribution in [0.4, 0.5) is 11.4 Å². The number of carbonyl (C=O) groups excluding carboxylic acids is 2. The first kappa shape index (κ1) is 18.9. The highest BCUT2D eigenvalue weighted by Gasteiger charge is 2.39. The number of rotatable bonds is 1. The lowest BCUT2D eigenvalue weighted by Crippen LogP contribution is -3.03. The number of para-hydroxylation sites is 2. The molecule has 0 aromatic heterocycles. The van der Waals surface area contributed by atoms with Crippen molar-refractivity contribution in [3.8, 4) is 0 Å². The normalized spacial score (nSPS) is 23.3. The molecule has 0 fully saturated rings. The Morgan fingerprint density at radius 3 is 1.41 bits per heavy atom. The van der Waals surface area contributed by atoms with Crippen LogP contribution in [-0.4, -0.2) is 25.7 Å². The Hall–Kier alpha value is -3.86. The molecule has 4 aliphatic rings. The number of ketones is 2. The average Bonchev–Trinajstić information content (AvgIpc) is 2.81. The Bertz CT molecular complexity index is 1320. The predicted octanol–water partition coefficient (Wildman–Crippen LogP) is 2.26. The van der Waals surface area contributed by atoms with Crippen LogP contribution in [0, 0.1) is 0 Å². The standard InChI is InChI=1S/C28H20N2O2/c1-29-23-9-5-3-7-19(23)27(21-13-11-17(31)15-25(21)29)28-20-8-4-6-10-24(20)30(2)26-16-18(32)12-14-22(26)28/h3-16H,1-2H3/p+2. The van der Waals surface area contributed by atoms with Crippen LogP contribution >= 0.6 is 0 Å². The van der Waals surface area contributed by atoms with Crippen LogP contribution in [0.5, 0.6) is 0 Å². The molecule has 0 saturated carbocycles. The van der Waals surface area contributed by atoms with Crippen molar-refractivity contribution in [2.24, 2.45) is 0 Å². The van der Waals surface area contributed by atoms with E-state index in [4.69, 9.17) is 0 Å². The van der Waals surface area contributed by atoms with E-state index in [1.165, 1.54) is 0 Å². The molecule has 4 nitrogen and oxygen atoms in total. The first-order valence-electron chi connectivity index (χ1n) is 10.8. The van der Waals surface area contributed by atoms with Gasteiger partial charge in [0.25, 0.3) is 0 Å². The smallest absolute Gasteiger partial charge is 0.184 e. The van der Waals surface area contributed by atoms with Crippen molar-refractivity contribution in [1.29, 1.82) is 0 Å². The summed E-state index contributed by atoms with van der Waals surface area (Å²) in [5, 5.41) is 0. The van der Waals surface area contributed by atoms with Gasteiger partial charge in [-0.1, -0.05) is 24.3 Å². The summed E-state index contributed by atoms with van der Waals surface area (Å²) in [6.07, 6.45) is 10.7. The van der Waals surface area contributed by atoms with Crippen molar-refractivity contribution in [2.45, 2.75) is 0 Å². The minimum Gasteiger partial charge on any atom is -0.290 e. The molecule has 2 aromatic carbocycles. The quantitative estimate of drug-likeness (QED) is 0.746. The van der Waals surface area contributed by atoms with Crippen molar-refractivity contribution in [3.63, 3.8) is 0 Å². The molecule has 2 aliphatic heterocycles. The third-order valence-electron chi connectivity index (χ3n) is 6.78. The number of hydrogen-bond acceptors (Lipinski definition) is 2. The highest BCUT2D eigenvalue weighted by molar-refractivity contribution is 6.17. The maximum Gasteiger partial charge on any atom is 0.184 e. The topological polar surface area (TPSA) is 43.0 Å². The Labute approximate surface area is 186 Å².